The fourth-order valence-corrected chi connectivity index (χ4v) is 2.53. The van der Waals surface area contributed by atoms with Crippen molar-refractivity contribution >= 4 is 29.9 Å². The Bertz CT molecular complexity index is 681. The first kappa shape index (κ1) is 22.2. The molecule has 0 spiro atoms. The maximum absolute atomic E-state index is 5.55. The van der Waals surface area contributed by atoms with Crippen molar-refractivity contribution in [3.63, 3.8) is 0 Å². The molecule has 0 bridgehead atoms. The number of nitrogens with zero attached hydrogens (tertiary/aromatic N) is 3. The van der Waals surface area contributed by atoms with Gasteiger partial charge in [-0.2, -0.15) is 0 Å². The average Bonchev–Trinajstić information content (AvgIpc) is 3.05. The molecule has 0 amide bonds. The van der Waals surface area contributed by atoms with Crippen molar-refractivity contribution < 1.29 is 9.26 Å². The van der Waals surface area contributed by atoms with E-state index in [-0.39, 0.29) is 24.0 Å². The molecule has 0 aliphatic heterocycles. The summed E-state index contributed by atoms with van der Waals surface area (Å²) in [5.41, 5.74) is 3.09. The zero-order valence-corrected chi connectivity index (χ0v) is 18.2. The topological polar surface area (TPSA) is 84.6 Å². The lowest BCUT2D eigenvalue weighted by Gasteiger charge is -2.14. The minimum atomic E-state index is 0. The summed E-state index contributed by atoms with van der Waals surface area (Å²) in [5, 5.41) is 10.7. The third kappa shape index (κ3) is 5.86. The van der Waals surface area contributed by atoms with Crippen LogP contribution in [-0.4, -0.2) is 29.8 Å². The molecule has 0 fully saturated rings. The number of aliphatic imine (C=N–C) groups is 1. The van der Waals surface area contributed by atoms with Gasteiger partial charge in [0.25, 0.3) is 0 Å². The molecule has 0 aromatic carbocycles. The summed E-state index contributed by atoms with van der Waals surface area (Å²) in [6.07, 6.45) is 3.40. The van der Waals surface area contributed by atoms with Crippen LogP contribution in [0.15, 0.2) is 27.8 Å². The molecule has 7 nitrogen and oxygen atoms in total. The van der Waals surface area contributed by atoms with Crippen molar-refractivity contribution in [1.29, 1.82) is 0 Å². The van der Waals surface area contributed by atoms with Crippen LogP contribution in [0.25, 0.3) is 0 Å². The molecule has 0 saturated carbocycles. The van der Waals surface area contributed by atoms with Gasteiger partial charge < -0.3 is 19.9 Å². The second-order valence-corrected chi connectivity index (χ2v) is 5.42. The highest BCUT2D eigenvalue weighted by molar-refractivity contribution is 14.0. The molecule has 0 unspecified atom stereocenters. The van der Waals surface area contributed by atoms with E-state index in [1.807, 2.05) is 19.1 Å². The zero-order valence-electron chi connectivity index (χ0n) is 15.8. The molecule has 2 N–H and O–H groups in total. The van der Waals surface area contributed by atoms with E-state index >= 15 is 0 Å². The van der Waals surface area contributed by atoms with E-state index in [0.717, 1.165) is 35.4 Å². The number of hydrogen-bond acceptors (Lipinski definition) is 5. The summed E-state index contributed by atoms with van der Waals surface area (Å²) in [7, 11) is 1.75. The van der Waals surface area contributed by atoms with Gasteiger partial charge in [0.1, 0.15) is 5.76 Å². The highest BCUT2D eigenvalue weighted by atomic mass is 127. The lowest BCUT2D eigenvalue weighted by Crippen LogP contribution is -2.36. The van der Waals surface area contributed by atoms with Crippen molar-refractivity contribution in [2.75, 3.05) is 13.7 Å². The van der Waals surface area contributed by atoms with E-state index in [9.17, 15) is 0 Å². The minimum absolute atomic E-state index is 0. The third-order valence-corrected chi connectivity index (χ3v) is 3.84. The first-order chi connectivity index (χ1) is 12.2. The maximum atomic E-state index is 5.55. The molecule has 8 heteroatoms. The standard InChI is InChI=1S/C18H27N5O2.HI/c1-5-15-14(16(6-2)25-23-15)12-22-18(19-4)21-11-13-9-8-10-20-17(13)24-7-3;/h8-10H,5-7,11-12H2,1-4H3,(H2,19,21,22);1H. The highest BCUT2D eigenvalue weighted by Gasteiger charge is 2.13. The van der Waals surface area contributed by atoms with Crippen molar-refractivity contribution in [2.24, 2.45) is 4.99 Å². The third-order valence-electron chi connectivity index (χ3n) is 3.84. The minimum Gasteiger partial charge on any atom is -0.478 e. The Morgan fingerprint density at radius 1 is 1.19 bits per heavy atom. The van der Waals surface area contributed by atoms with Gasteiger partial charge in [-0.1, -0.05) is 25.1 Å². The molecule has 0 radical (unpaired) electrons. The highest BCUT2D eigenvalue weighted by Crippen LogP contribution is 2.16. The molecule has 2 aromatic heterocycles. The number of aryl methyl sites for hydroxylation is 2. The Morgan fingerprint density at radius 3 is 2.62 bits per heavy atom. The van der Waals surface area contributed by atoms with E-state index in [4.69, 9.17) is 9.26 Å². The second kappa shape index (κ2) is 11.7. The first-order valence-corrected chi connectivity index (χ1v) is 8.70. The summed E-state index contributed by atoms with van der Waals surface area (Å²) < 4.78 is 10.9. The van der Waals surface area contributed by atoms with Crippen LogP contribution in [0.1, 0.15) is 43.4 Å². The second-order valence-electron chi connectivity index (χ2n) is 5.42. The molecule has 2 heterocycles. The molecule has 0 atom stereocenters. The van der Waals surface area contributed by atoms with Gasteiger partial charge in [-0.3, -0.25) is 4.99 Å². The van der Waals surface area contributed by atoms with Gasteiger partial charge in [0.2, 0.25) is 5.88 Å². The van der Waals surface area contributed by atoms with Gasteiger partial charge >= 0.3 is 0 Å². The number of halogens is 1. The number of guanidine groups is 1. The predicted molar refractivity (Wildman–Crippen MR) is 113 cm³/mol. The quantitative estimate of drug-likeness (QED) is 0.348. The summed E-state index contributed by atoms with van der Waals surface area (Å²) in [6, 6.07) is 3.89. The van der Waals surface area contributed by atoms with Gasteiger partial charge in [0, 0.05) is 43.9 Å². The van der Waals surface area contributed by atoms with Crippen LogP contribution in [0.5, 0.6) is 5.88 Å². The monoisotopic (exact) mass is 473 g/mol. The fraction of sp³-hybridized carbons (Fsp3) is 0.500. The van der Waals surface area contributed by atoms with E-state index in [0.29, 0.717) is 31.5 Å². The van der Waals surface area contributed by atoms with Crippen LogP contribution in [0, 0.1) is 0 Å². The number of hydrogen-bond donors (Lipinski definition) is 2. The molecular weight excluding hydrogens is 445 g/mol. The van der Waals surface area contributed by atoms with E-state index < -0.39 is 0 Å². The lowest BCUT2D eigenvalue weighted by atomic mass is 10.1. The number of rotatable bonds is 8. The van der Waals surface area contributed by atoms with E-state index in [2.05, 4.69) is 39.6 Å². The Hall–Kier alpha value is -1.84. The molecule has 0 saturated heterocycles. The summed E-state index contributed by atoms with van der Waals surface area (Å²) >= 11 is 0. The maximum Gasteiger partial charge on any atom is 0.218 e. The molecule has 0 aliphatic carbocycles. The molecule has 2 aromatic rings. The van der Waals surface area contributed by atoms with Crippen LogP contribution in [0.4, 0.5) is 0 Å². The Kier molecular flexibility index (Phi) is 10.0. The first-order valence-electron chi connectivity index (χ1n) is 8.70. The van der Waals surface area contributed by atoms with Crippen molar-refractivity contribution in [2.45, 2.75) is 46.7 Å². The Balaban J connectivity index is 0.00000338. The number of nitrogens with one attached hydrogen (secondary N) is 2. The number of pyridine rings is 1. The van der Waals surface area contributed by atoms with Gasteiger partial charge in [0.15, 0.2) is 5.96 Å². The van der Waals surface area contributed by atoms with Crippen molar-refractivity contribution in [3.8, 4) is 5.88 Å². The summed E-state index contributed by atoms with van der Waals surface area (Å²) in [6.45, 7) is 7.88. The largest absolute Gasteiger partial charge is 0.478 e. The predicted octanol–water partition coefficient (Wildman–Crippen LogP) is 3.08. The van der Waals surface area contributed by atoms with Crippen LogP contribution in [0.3, 0.4) is 0 Å². The van der Waals surface area contributed by atoms with E-state index in [1.165, 1.54) is 0 Å². The van der Waals surface area contributed by atoms with Crippen LogP contribution in [-0.2, 0) is 25.9 Å². The van der Waals surface area contributed by atoms with Gasteiger partial charge in [0.05, 0.1) is 12.3 Å². The normalized spacial score (nSPS) is 11.0. The Labute approximate surface area is 172 Å². The average molecular weight is 473 g/mol. The van der Waals surface area contributed by atoms with Gasteiger partial charge in [-0.05, 0) is 19.4 Å². The van der Waals surface area contributed by atoms with Crippen molar-refractivity contribution in [1.82, 2.24) is 20.8 Å². The molecule has 26 heavy (non-hydrogen) atoms. The van der Waals surface area contributed by atoms with Crippen molar-refractivity contribution in [3.05, 3.63) is 40.9 Å². The number of ether oxygens (including phenoxy) is 1. The smallest absolute Gasteiger partial charge is 0.218 e. The SMILES string of the molecule is CCOc1ncccc1CNC(=NC)NCc1c(CC)noc1CC.I. The molecule has 144 valence electrons. The summed E-state index contributed by atoms with van der Waals surface area (Å²) in [5.74, 6) is 2.27. The van der Waals surface area contributed by atoms with E-state index in [1.54, 1.807) is 13.2 Å². The van der Waals surface area contributed by atoms with Crippen LogP contribution in [0.2, 0.25) is 0 Å². The van der Waals surface area contributed by atoms with Crippen LogP contribution >= 0.6 is 24.0 Å². The van der Waals surface area contributed by atoms with Gasteiger partial charge in [-0.25, -0.2) is 4.98 Å². The summed E-state index contributed by atoms with van der Waals surface area (Å²) in [4.78, 5) is 8.53. The van der Waals surface area contributed by atoms with Crippen LogP contribution < -0.4 is 15.4 Å². The molecule has 0 aliphatic rings. The van der Waals surface area contributed by atoms with Gasteiger partial charge in [-0.15, -0.1) is 24.0 Å². The fourth-order valence-electron chi connectivity index (χ4n) is 2.53. The Morgan fingerprint density at radius 2 is 1.96 bits per heavy atom. The molecule has 2 rings (SSSR count). The zero-order chi connectivity index (χ0) is 18.1. The molecular formula is C18H28IN5O2. The lowest BCUT2D eigenvalue weighted by molar-refractivity contribution is 0.322. The number of aromatic nitrogens is 2.